The topological polar surface area (TPSA) is 18.5 Å². The summed E-state index contributed by atoms with van der Waals surface area (Å²) in [6.07, 6.45) is 4.22. The van der Waals surface area contributed by atoms with Crippen molar-refractivity contribution in [3.05, 3.63) is 72.5 Å². The fraction of sp³-hybridized carbons (Fsp3) is 0.391. The number of methoxy groups -OCH3 is 1. The molecule has 1 atom stereocenters. The quantitative estimate of drug-likeness (QED) is 0.553. The number of rotatable bonds is 6. The molecule has 0 amide bonds. The zero-order valence-corrected chi connectivity index (χ0v) is 17.4. The van der Waals surface area contributed by atoms with Gasteiger partial charge in [0.15, 0.2) is 0 Å². The van der Waals surface area contributed by atoms with Crippen molar-refractivity contribution in [2.45, 2.75) is 38.7 Å². The van der Waals surface area contributed by atoms with Crippen molar-refractivity contribution in [2.75, 3.05) is 13.7 Å². The Labute approximate surface area is 159 Å². The van der Waals surface area contributed by atoms with Crippen molar-refractivity contribution in [2.24, 2.45) is 5.92 Å². The molecule has 0 heterocycles. The van der Waals surface area contributed by atoms with Crippen LogP contribution in [0.5, 0.6) is 0 Å². The van der Waals surface area contributed by atoms with Gasteiger partial charge in [-0.2, -0.15) is 0 Å². The Bertz CT molecular complexity index is 692. The van der Waals surface area contributed by atoms with Crippen molar-refractivity contribution in [3.8, 4) is 0 Å². The average Bonchev–Trinajstić information content (AvgIpc) is 2.63. The highest BCUT2D eigenvalue weighted by atomic mass is 28.4. The highest BCUT2D eigenvalue weighted by Crippen LogP contribution is 2.39. The largest absolute Gasteiger partial charge is 0.504 e. The van der Waals surface area contributed by atoms with Crippen molar-refractivity contribution < 1.29 is 9.16 Å². The minimum Gasteiger partial charge on any atom is -0.504 e. The molecule has 0 radical (unpaired) electrons. The third-order valence-corrected chi connectivity index (χ3v) is 10.5. The lowest BCUT2D eigenvalue weighted by Crippen LogP contribution is -2.67. The van der Waals surface area contributed by atoms with Crippen LogP contribution in [0.4, 0.5) is 0 Å². The van der Waals surface area contributed by atoms with E-state index in [2.05, 4.69) is 81.4 Å². The van der Waals surface area contributed by atoms with Crippen LogP contribution in [0.2, 0.25) is 5.04 Å². The highest BCUT2D eigenvalue weighted by Gasteiger charge is 2.50. The maximum absolute atomic E-state index is 6.99. The average molecular weight is 367 g/mol. The second-order valence-corrected chi connectivity index (χ2v) is 12.4. The molecule has 0 aromatic heterocycles. The van der Waals surface area contributed by atoms with Gasteiger partial charge in [-0.15, -0.1) is 0 Å². The van der Waals surface area contributed by atoms with Gasteiger partial charge in [-0.1, -0.05) is 81.4 Å². The van der Waals surface area contributed by atoms with Gasteiger partial charge < -0.3 is 9.16 Å². The summed E-state index contributed by atoms with van der Waals surface area (Å²) in [7, 11) is -0.688. The molecule has 1 aliphatic carbocycles. The van der Waals surface area contributed by atoms with Gasteiger partial charge in [-0.05, 0) is 33.8 Å². The van der Waals surface area contributed by atoms with Crippen LogP contribution in [0.25, 0.3) is 0 Å². The summed E-state index contributed by atoms with van der Waals surface area (Å²) in [6, 6.07) is 21.7. The fourth-order valence-electron chi connectivity index (χ4n) is 4.00. The number of hydrogen-bond acceptors (Lipinski definition) is 2. The molecule has 0 spiro atoms. The zero-order chi connectivity index (χ0) is 18.6. The van der Waals surface area contributed by atoms with E-state index in [0.717, 1.165) is 13.0 Å². The summed E-state index contributed by atoms with van der Waals surface area (Å²) in [5, 5.41) is 2.72. The van der Waals surface area contributed by atoms with Gasteiger partial charge in [-0.25, -0.2) is 0 Å². The SMILES string of the molecule is COC=C1CCC1CO[Si](c1ccccc1)(c1ccccc1)C(C)(C)C. The molecule has 0 aliphatic heterocycles. The number of benzene rings is 2. The van der Waals surface area contributed by atoms with Crippen molar-refractivity contribution in [1.29, 1.82) is 0 Å². The van der Waals surface area contributed by atoms with Gasteiger partial charge in [-0.3, -0.25) is 0 Å². The van der Waals surface area contributed by atoms with Crippen LogP contribution in [0.15, 0.2) is 72.5 Å². The summed E-state index contributed by atoms with van der Waals surface area (Å²) in [4.78, 5) is 0. The smallest absolute Gasteiger partial charge is 0.261 e. The maximum Gasteiger partial charge on any atom is 0.261 e. The number of ether oxygens (including phenoxy) is 1. The first-order valence-corrected chi connectivity index (χ1v) is 11.4. The Morgan fingerprint density at radius 3 is 1.88 bits per heavy atom. The Kier molecular flexibility index (Phi) is 5.69. The van der Waals surface area contributed by atoms with Gasteiger partial charge in [0.05, 0.1) is 13.4 Å². The summed E-state index contributed by atoms with van der Waals surface area (Å²) in [6.45, 7) is 7.74. The third-order valence-electron chi connectivity index (χ3n) is 5.49. The van der Waals surface area contributed by atoms with Gasteiger partial charge in [0.1, 0.15) is 0 Å². The predicted molar refractivity (Wildman–Crippen MR) is 111 cm³/mol. The van der Waals surface area contributed by atoms with Crippen molar-refractivity contribution in [1.82, 2.24) is 0 Å². The molecule has 2 aromatic rings. The summed E-state index contributed by atoms with van der Waals surface area (Å²) < 4.78 is 12.2. The molecular weight excluding hydrogens is 336 g/mol. The summed E-state index contributed by atoms with van der Waals surface area (Å²) in [5.41, 5.74) is 1.38. The zero-order valence-electron chi connectivity index (χ0n) is 16.4. The normalized spacial score (nSPS) is 19.2. The van der Waals surface area contributed by atoms with Crippen LogP contribution in [-0.4, -0.2) is 22.0 Å². The molecule has 1 unspecified atom stereocenters. The first-order valence-electron chi connectivity index (χ1n) is 9.46. The van der Waals surface area contributed by atoms with Crippen LogP contribution >= 0.6 is 0 Å². The van der Waals surface area contributed by atoms with Crippen molar-refractivity contribution >= 4 is 18.7 Å². The van der Waals surface area contributed by atoms with Gasteiger partial charge in [0.2, 0.25) is 0 Å². The third kappa shape index (κ3) is 3.51. The maximum atomic E-state index is 6.99. The van der Waals surface area contributed by atoms with E-state index in [9.17, 15) is 0 Å². The molecule has 1 saturated carbocycles. The van der Waals surface area contributed by atoms with E-state index < -0.39 is 8.32 Å². The molecule has 2 aromatic carbocycles. The molecule has 138 valence electrons. The van der Waals surface area contributed by atoms with Crippen LogP contribution in [0.3, 0.4) is 0 Å². The molecule has 3 rings (SSSR count). The molecule has 1 fully saturated rings. The van der Waals surface area contributed by atoms with Gasteiger partial charge in [0.25, 0.3) is 8.32 Å². The van der Waals surface area contributed by atoms with Crippen molar-refractivity contribution in [3.63, 3.8) is 0 Å². The minimum atomic E-state index is -2.42. The summed E-state index contributed by atoms with van der Waals surface area (Å²) in [5.74, 6) is 0.483. The van der Waals surface area contributed by atoms with E-state index >= 15 is 0 Å². The Balaban J connectivity index is 2.02. The molecule has 1 aliphatic rings. The van der Waals surface area contributed by atoms with Crippen LogP contribution in [0.1, 0.15) is 33.6 Å². The molecular formula is C23H30O2Si. The first-order chi connectivity index (χ1) is 12.5. The number of hydrogen-bond donors (Lipinski definition) is 0. The predicted octanol–water partition coefficient (Wildman–Crippen LogP) is 4.50. The van der Waals surface area contributed by atoms with Crippen LogP contribution < -0.4 is 10.4 Å². The van der Waals surface area contributed by atoms with Gasteiger partial charge in [0, 0.05) is 12.5 Å². The standard InChI is InChI=1S/C23H30O2Si/c1-23(2,3)26(21-11-7-5-8-12-21,22-13-9-6-10-14-22)25-18-20-16-15-19(20)17-24-4/h5-14,17,20H,15-16,18H2,1-4H3. The molecule has 26 heavy (non-hydrogen) atoms. The monoisotopic (exact) mass is 366 g/mol. The van der Waals surface area contributed by atoms with E-state index in [1.165, 1.54) is 22.4 Å². The lowest BCUT2D eigenvalue weighted by atomic mass is 9.81. The summed E-state index contributed by atoms with van der Waals surface area (Å²) >= 11 is 0. The molecule has 0 bridgehead atoms. The second kappa shape index (κ2) is 7.81. The Hall–Kier alpha value is -1.84. The molecule has 0 saturated heterocycles. The van der Waals surface area contributed by atoms with Gasteiger partial charge >= 0.3 is 0 Å². The van der Waals surface area contributed by atoms with Crippen LogP contribution in [-0.2, 0) is 9.16 Å². The molecule has 2 nitrogen and oxygen atoms in total. The molecule has 0 N–H and O–H groups in total. The van der Waals surface area contributed by atoms with E-state index in [1.807, 2.05) is 6.26 Å². The minimum absolute atomic E-state index is 0.0323. The first kappa shape index (κ1) is 18.9. The Morgan fingerprint density at radius 2 is 1.50 bits per heavy atom. The highest BCUT2D eigenvalue weighted by molar-refractivity contribution is 6.99. The lowest BCUT2D eigenvalue weighted by Gasteiger charge is -2.44. The Morgan fingerprint density at radius 1 is 0.962 bits per heavy atom. The lowest BCUT2D eigenvalue weighted by molar-refractivity contribution is 0.210. The van der Waals surface area contributed by atoms with E-state index in [-0.39, 0.29) is 5.04 Å². The second-order valence-electron chi connectivity index (χ2n) is 8.14. The van der Waals surface area contributed by atoms with Crippen LogP contribution in [0, 0.1) is 5.92 Å². The van der Waals surface area contributed by atoms with E-state index in [0.29, 0.717) is 5.92 Å². The molecule has 3 heteroatoms. The van der Waals surface area contributed by atoms with E-state index in [4.69, 9.17) is 9.16 Å². The van der Waals surface area contributed by atoms with E-state index in [1.54, 1.807) is 7.11 Å². The fourth-order valence-corrected chi connectivity index (χ4v) is 8.61.